The molecule has 25 heavy (non-hydrogen) atoms. The van der Waals surface area contributed by atoms with Crippen LogP contribution < -0.4 is 16.8 Å². The summed E-state index contributed by atoms with van der Waals surface area (Å²) in [5.41, 5.74) is 12.4. The van der Waals surface area contributed by atoms with Crippen molar-refractivity contribution in [2.45, 2.75) is 50.6 Å². The molecule has 0 unspecified atom stereocenters. The van der Waals surface area contributed by atoms with Gasteiger partial charge in [-0.15, -0.1) is 0 Å². The first-order valence-electron chi connectivity index (χ1n) is 9.12. The molecule has 1 aromatic rings. The number of nitrogens with one attached hydrogen (secondary N) is 1. The number of amides is 2. The summed E-state index contributed by atoms with van der Waals surface area (Å²) in [7, 11) is 0. The van der Waals surface area contributed by atoms with Gasteiger partial charge in [0.15, 0.2) is 0 Å². The van der Waals surface area contributed by atoms with Gasteiger partial charge in [0, 0.05) is 25.3 Å². The van der Waals surface area contributed by atoms with Crippen molar-refractivity contribution < 1.29 is 9.59 Å². The molecule has 5 N–H and O–H groups in total. The minimum absolute atomic E-state index is 0.0909. The summed E-state index contributed by atoms with van der Waals surface area (Å²) in [6.07, 6.45) is 7.09. The van der Waals surface area contributed by atoms with Crippen molar-refractivity contribution in [1.29, 1.82) is 0 Å². The predicted molar refractivity (Wildman–Crippen MR) is 95.7 cm³/mol. The standard InChI is InChI=1S/C18H27N5O2/c19-15(18(25)23-10-1-2-11-23)12-5-7-13(8-6-12)22-17(24)14-4-3-9-21-16(14)20/h3-4,9,12-13,15H,1-2,5-8,10-11,19H2,(H2,20,21)(H,22,24)/t12?,13?,15-/m0/s1. The van der Waals surface area contributed by atoms with Crippen molar-refractivity contribution in [3.05, 3.63) is 23.9 Å². The minimum Gasteiger partial charge on any atom is -0.383 e. The first-order valence-corrected chi connectivity index (χ1v) is 9.12. The number of likely N-dealkylation sites (tertiary alicyclic amines) is 1. The van der Waals surface area contributed by atoms with Gasteiger partial charge in [-0.05, 0) is 56.6 Å². The van der Waals surface area contributed by atoms with Gasteiger partial charge < -0.3 is 21.7 Å². The van der Waals surface area contributed by atoms with Crippen molar-refractivity contribution in [1.82, 2.24) is 15.2 Å². The fourth-order valence-corrected chi connectivity index (χ4v) is 3.85. The number of nitrogens with zero attached hydrogens (tertiary/aromatic N) is 2. The Morgan fingerprint density at radius 2 is 1.88 bits per heavy atom. The highest BCUT2D eigenvalue weighted by Crippen LogP contribution is 2.28. The molecular formula is C18H27N5O2. The quantitative estimate of drug-likeness (QED) is 0.750. The highest BCUT2D eigenvalue weighted by molar-refractivity contribution is 5.98. The molecule has 1 saturated carbocycles. The van der Waals surface area contributed by atoms with E-state index < -0.39 is 6.04 Å². The summed E-state index contributed by atoms with van der Waals surface area (Å²) in [5.74, 6) is 0.344. The maximum absolute atomic E-state index is 12.4. The lowest BCUT2D eigenvalue weighted by Gasteiger charge is -2.33. The Bertz CT molecular complexity index is 622. The number of anilines is 1. The molecule has 3 rings (SSSR count). The Kier molecular flexibility index (Phi) is 5.53. The molecule has 2 fully saturated rings. The summed E-state index contributed by atoms with van der Waals surface area (Å²) in [6.45, 7) is 1.68. The molecule has 2 heterocycles. The average Bonchev–Trinajstić information content (AvgIpc) is 3.16. The zero-order valence-electron chi connectivity index (χ0n) is 14.5. The van der Waals surface area contributed by atoms with Gasteiger partial charge in [0.25, 0.3) is 5.91 Å². The van der Waals surface area contributed by atoms with Gasteiger partial charge in [0.1, 0.15) is 5.82 Å². The SMILES string of the molecule is Nc1ncccc1C(=O)NC1CCC([C@H](N)C(=O)N2CCCC2)CC1. The molecule has 7 nitrogen and oxygen atoms in total. The Labute approximate surface area is 148 Å². The van der Waals surface area contributed by atoms with E-state index in [1.807, 2.05) is 4.90 Å². The van der Waals surface area contributed by atoms with Gasteiger partial charge in [-0.3, -0.25) is 9.59 Å². The lowest BCUT2D eigenvalue weighted by atomic mass is 9.81. The van der Waals surface area contributed by atoms with Crippen LogP contribution in [0.5, 0.6) is 0 Å². The third-order valence-corrected chi connectivity index (χ3v) is 5.40. The molecule has 0 spiro atoms. The maximum Gasteiger partial charge on any atom is 0.255 e. The average molecular weight is 345 g/mol. The van der Waals surface area contributed by atoms with Crippen LogP contribution in [0.2, 0.25) is 0 Å². The zero-order valence-corrected chi connectivity index (χ0v) is 14.5. The number of hydrogen-bond donors (Lipinski definition) is 3. The normalized spacial score (nSPS) is 24.8. The van der Waals surface area contributed by atoms with E-state index in [9.17, 15) is 9.59 Å². The molecular weight excluding hydrogens is 318 g/mol. The third-order valence-electron chi connectivity index (χ3n) is 5.40. The number of hydrogen-bond acceptors (Lipinski definition) is 5. The first kappa shape index (κ1) is 17.7. The van der Waals surface area contributed by atoms with Gasteiger partial charge in [0.2, 0.25) is 5.91 Å². The molecule has 1 aliphatic carbocycles. The van der Waals surface area contributed by atoms with E-state index in [-0.39, 0.29) is 29.6 Å². The van der Waals surface area contributed by atoms with Crippen molar-refractivity contribution in [2.24, 2.45) is 11.7 Å². The Morgan fingerprint density at radius 1 is 1.20 bits per heavy atom. The summed E-state index contributed by atoms with van der Waals surface area (Å²) in [4.78, 5) is 30.6. The number of carbonyl (C=O) groups is 2. The molecule has 0 aromatic carbocycles. The lowest BCUT2D eigenvalue weighted by Crippen LogP contribution is -2.49. The highest BCUT2D eigenvalue weighted by Gasteiger charge is 2.33. The van der Waals surface area contributed by atoms with E-state index in [1.54, 1.807) is 18.3 Å². The molecule has 1 aliphatic heterocycles. The second-order valence-corrected chi connectivity index (χ2v) is 7.08. The largest absolute Gasteiger partial charge is 0.383 e. The second kappa shape index (κ2) is 7.82. The lowest BCUT2D eigenvalue weighted by molar-refractivity contribution is -0.133. The monoisotopic (exact) mass is 345 g/mol. The number of nitrogens with two attached hydrogens (primary N) is 2. The van der Waals surface area contributed by atoms with E-state index >= 15 is 0 Å². The van der Waals surface area contributed by atoms with Crippen molar-refractivity contribution in [3.8, 4) is 0 Å². The van der Waals surface area contributed by atoms with Crippen LogP contribution in [-0.4, -0.2) is 46.9 Å². The third kappa shape index (κ3) is 4.10. The summed E-state index contributed by atoms with van der Waals surface area (Å²) >= 11 is 0. The van der Waals surface area contributed by atoms with Gasteiger partial charge in [0.05, 0.1) is 11.6 Å². The zero-order chi connectivity index (χ0) is 17.8. The van der Waals surface area contributed by atoms with Crippen LogP contribution in [0.15, 0.2) is 18.3 Å². The van der Waals surface area contributed by atoms with E-state index in [4.69, 9.17) is 11.5 Å². The maximum atomic E-state index is 12.4. The Morgan fingerprint density at radius 3 is 2.52 bits per heavy atom. The van der Waals surface area contributed by atoms with Crippen LogP contribution >= 0.6 is 0 Å². The number of aromatic nitrogens is 1. The van der Waals surface area contributed by atoms with E-state index in [0.717, 1.165) is 51.6 Å². The van der Waals surface area contributed by atoms with E-state index in [2.05, 4.69) is 10.3 Å². The molecule has 2 aliphatic rings. The van der Waals surface area contributed by atoms with Gasteiger partial charge in [-0.25, -0.2) is 4.98 Å². The topological polar surface area (TPSA) is 114 Å². The molecule has 7 heteroatoms. The second-order valence-electron chi connectivity index (χ2n) is 7.08. The van der Waals surface area contributed by atoms with E-state index in [1.165, 1.54) is 0 Å². The number of carbonyl (C=O) groups excluding carboxylic acids is 2. The van der Waals surface area contributed by atoms with Gasteiger partial charge >= 0.3 is 0 Å². The van der Waals surface area contributed by atoms with Crippen LogP contribution in [0.25, 0.3) is 0 Å². The van der Waals surface area contributed by atoms with E-state index in [0.29, 0.717) is 5.56 Å². The van der Waals surface area contributed by atoms with Crippen LogP contribution in [0.1, 0.15) is 48.9 Å². The van der Waals surface area contributed by atoms with Gasteiger partial charge in [-0.1, -0.05) is 0 Å². The van der Waals surface area contributed by atoms with Gasteiger partial charge in [-0.2, -0.15) is 0 Å². The molecule has 1 saturated heterocycles. The van der Waals surface area contributed by atoms with Crippen LogP contribution in [0, 0.1) is 5.92 Å². The van der Waals surface area contributed by atoms with Crippen LogP contribution in [-0.2, 0) is 4.79 Å². The number of pyridine rings is 1. The predicted octanol–water partition coefficient (Wildman–Crippen LogP) is 0.902. The Balaban J connectivity index is 1.49. The van der Waals surface area contributed by atoms with Crippen molar-refractivity contribution in [3.63, 3.8) is 0 Å². The fourth-order valence-electron chi connectivity index (χ4n) is 3.85. The summed E-state index contributed by atoms with van der Waals surface area (Å²) < 4.78 is 0. The number of rotatable bonds is 4. The smallest absolute Gasteiger partial charge is 0.255 e. The van der Waals surface area contributed by atoms with Crippen molar-refractivity contribution >= 4 is 17.6 Å². The fraction of sp³-hybridized carbons (Fsp3) is 0.611. The highest BCUT2D eigenvalue weighted by atomic mass is 16.2. The summed E-state index contributed by atoms with van der Waals surface area (Å²) in [5, 5.41) is 3.02. The number of nitrogen functional groups attached to an aromatic ring is 1. The summed E-state index contributed by atoms with van der Waals surface area (Å²) in [6, 6.07) is 3.06. The molecule has 136 valence electrons. The minimum atomic E-state index is -0.413. The first-order chi connectivity index (χ1) is 12.1. The van der Waals surface area contributed by atoms with Crippen LogP contribution in [0.4, 0.5) is 5.82 Å². The molecule has 2 amide bonds. The van der Waals surface area contributed by atoms with Crippen molar-refractivity contribution in [2.75, 3.05) is 18.8 Å². The Hall–Kier alpha value is -2.15. The molecule has 1 aromatic heterocycles. The molecule has 0 radical (unpaired) electrons. The van der Waals surface area contributed by atoms with Crippen LogP contribution in [0.3, 0.4) is 0 Å². The molecule has 1 atom stereocenters. The molecule has 0 bridgehead atoms.